The van der Waals surface area contributed by atoms with Gasteiger partial charge in [0.1, 0.15) is 22.2 Å². The van der Waals surface area contributed by atoms with Gasteiger partial charge in [-0.15, -0.1) is 0 Å². The first-order valence-electron chi connectivity index (χ1n) is 9.33. The smallest absolute Gasteiger partial charge is 0.401 e. The number of aliphatic imine (C=N–C) groups is 1. The van der Waals surface area contributed by atoms with Gasteiger partial charge in [0, 0.05) is 12.1 Å². The number of rotatable bonds is 4. The zero-order valence-electron chi connectivity index (χ0n) is 15.4. The Kier molecular flexibility index (Phi) is 5.48. The number of para-hydroxylation sites is 1. The van der Waals surface area contributed by atoms with E-state index >= 15 is 0 Å². The number of benzene rings is 1. The van der Waals surface area contributed by atoms with Crippen LogP contribution in [-0.4, -0.2) is 26.9 Å². The summed E-state index contributed by atoms with van der Waals surface area (Å²) >= 11 is 1.13. The molecule has 1 saturated carbocycles. The molecule has 0 spiro atoms. The van der Waals surface area contributed by atoms with E-state index in [9.17, 15) is 19.3 Å². The summed E-state index contributed by atoms with van der Waals surface area (Å²) in [5, 5.41) is 11.2. The third-order valence-corrected chi connectivity index (χ3v) is 5.89. The van der Waals surface area contributed by atoms with Gasteiger partial charge in [-0.05, 0) is 42.8 Å². The lowest BCUT2D eigenvalue weighted by Crippen LogP contribution is -2.40. The molecule has 29 heavy (non-hydrogen) atoms. The molecule has 2 heterocycles. The largest absolute Gasteiger partial charge is 0.433 e. The molecule has 1 saturated heterocycles. The number of furan rings is 1. The molecule has 9 heteroatoms. The molecule has 1 amide bonds. The summed E-state index contributed by atoms with van der Waals surface area (Å²) in [4.78, 5) is 29.7. The molecule has 0 radical (unpaired) electrons. The van der Waals surface area contributed by atoms with E-state index in [-0.39, 0.29) is 23.4 Å². The second-order valence-electron chi connectivity index (χ2n) is 6.86. The van der Waals surface area contributed by atoms with Crippen molar-refractivity contribution in [3.8, 4) is 0 Å². The van der Waals surface area contributed by atoms with Gasteiger partial charge in [0.05, 0.1) is 11.0 Å². The second kappa shape index (κ2) is 8.20. The Hall–Kier alpha value is -2.94. The van der Waals surface area contributed by atoms with Crippen LogP contribution in [0.25, 0.3) is 6.08 Å². The van der Waals surface area contributed by atoms with E-state index in [2.05, 4.69) is 4.99 Å². The standard InChI is InChI=1S/C20H18FN3O4S/c21-15-8-4-5-9-16(15)22-20-23(13-6-2-1-3-7-13)19(25)17(29-20)12-14-10-11-18(28-14)24(26)27/h4-5,8-13H,1-3,6-7H2/b17-12-,22-20?. The molecule has 0 unspecified atom stereocenters. The fraction of sp³-hybridized carbons (Fsp3) is 0.300. The molecule has 0 bridgehead atoms. The van der Waals surface area contributed by atoms with E-state index in [1.165, 1.54) is 24.3 Å². The highest BCUT2D eigenvalue weighted by Gasteiger charge is 2.39. The third kappa shape index (κ3) is 4.09. The molecule has 1 aliphatic carbocycles. The van der Waals surface area contributed by atoms with Crippen molar-refractivity contribution >= 4 is 40.5 Å². The van der Waals surface area contributed by atoms with Crippen molar-refractivity contribution in [2.75, 3.05) is 0 Å². The Morgan fingerprint density at radius 1 is 1.21 bits per heavy atom. The van der Waals surface area contributed by atoms with Crippen molar-refractivity contribution in [3.63, 3.8) is 0 Å². The molecule has 1 aromatic heterocycles. The maximum atomic E-state index is 14.1. The molecular weight excluding hydrogens is 397 g/mol. The highest BCUT2D eigenvalue weighted by atomic mass is 32.2. The van der Waals surface area contributed by atoms with E-state index in [1.54, 1.807) is 23.1 Å². The van der Waals surface area contributed by atoms with Crippen molar-refractivity contribution in [1.82, 2.24) is 4.90 Å². The highest BCUT2D eigenvalue weighted by Crippen LogP contribution is 2.39. The van der Waals surface area contributed by atoms with Crippen molar-refractivity contribution in [2.45, 2.75) is 38.1 Å². The first-order chi connectivity index (χ1) is 14.0. The minimum absolute atomic E-state index is 0.00566. The van der Waals surface area contributed by atoms with E-state index < -0.39 is 16.6 Å². The number of nitrogens with zero attached hydrogens (tertiary/aromatic N) is 3. The zero-order chi connectivity index (χ0) is 20.4. The molecule has 7 nitrogen and oxygen atoms in total. The molecule has 1 aliphatic heterocycles. The first-order valence-corrected chi connectivity index (χ1v) is 10.1. The van der Waals surface area contributed by atoms with E-state index in [4.69, 9.17) is 4.42 Å². The normalized spacial score (nSPS) is 20.7. The fourth-order valence-corrected chi connectivity index (χ4v) is 4.55. The number of nitro groups is 1. The van der Waals surface area contributed by atoms with Crippen molar-refractivity contribution in [2.24, 2.45) is 4.99 Å². The van der Waals surface area contributed by atoms with Crippen LogP contribution < -0.4 is 0 Å². The summed E-state index contributed by atoms with van der Waals surface area (Å²) in [6.45, 7) is 0. The fourth-order valence-electron chi connectivity index (χ4n) is 3.52. The van der Waals surface area contributed by atoms with Crippen LogP contribution in [0, 0.1) is 15.9 Å². The average Bonchev–Trinajstić information content (AvgIpc) is 3.30. The molecule has 2 fully saturated rings. The lowest BCUT2D eigenvalue weighted by Gasteiger charge is -2.30. The molecule has 150 valence electrons. The molecule has 2 aromatic rings. The van der Waals surface area contributed by atoms with Crippen LogP contribution in [0.4, 0.5) is 16.0 Å². The summed E-state index contributed by atoms with van der Waals surface area (Å²) in [5.74, 6) is -0.883. The summed E-state index contributed by atoms with van der Waals surface area (Å²) in [5.41, 5.74) is 0.165. The van der Waals surface area contributed by atoms with E-state index in [1.807, 2.05) is 0 Å². The van der Waals surface area contributed by atoms with Gasteiger partial charge >= 0.3 is 5.88 Å². The van der Waals surface area contributed by atoms with Gasteiger partial charge in [0.2, 0.25) is 0 Å². The monoisotopic (exact) mass is 415 g/mol. The molecule has 4 rings (SSSR count). The van der Waals surface area contributed by atoms with Crippen molar-refractivity contribution in [3.05, 3.63) is 63.0 Å². The topological polar surface area (TPSA) is 88.9 Å². The van der Waals surface area contributed by atoms with Crippen molar-refractivity contribution in [1.29, 1.82) is 0 Å². The number of halogens is 1. The van der Waals surface area contributed by atoms with Crippen LogP contribution in [0.5, 0.6) is 0 Å². The first kappa shape index (κ1) is 19.4. The van der Waals surface area contributed by atoms with Gasteiger partial charge in [0.25, 0.3) is 5.91 Å². The molecule has 1 aromatic carbocycles. The summed E-state index contributed by atoms with van der Waals surface area (Å²) in [6, 6.07) is 8.84. The summed E-state index contributed by atoms with van der Waals surface area (Å²) in [6.07, 6.45) is 6.37. The number of amides is 1. The van der Waals surface area contributed by atoms with E-state index in [0.717, 1.165) is 43.9 Å². The zero-order valence-corrected chi connectivity index (χ0v) is 16.2. The number of hydrogen-bond acceptors (Lipinski definition) is 6. The Labute approximate surface area is 170 Å². The number of thioether (sulfide) groups is 1. The highest BCUT2D eigenvalue weighted by molar-refractivity contribution is 8.18. The Morgan fingerprint density at radius 3 is 2.66 bits per heavy atom. The van der Waals surface area contributed by atoms with Gasteiger partial charge < -0.3 is 4.42 Å². The van der Waals surface area contributed by atoms with Crippen LogP contribution >= 0.6 is 11.8 Å². The lowest BCUT2D eigenvalue weighted by atomic mass is 9.94. The van der Waals surface area contributed by atoms with Crippen LogP contribution in [0.1, 0.15) is 37.9 Å². The number of hydrogen-bond donors (Lipinski definition) is 0. The Morgan fingerprint density at radius 2 is 1.97 bits per heavy atom. The van der Waals surface area contributed by atoms with Crippen LogP contribution in [0.3, 0.4) is 0 Å². The third-order valence-electron chi connectivity index (χ3n) is 4.91. The summed E-state index contributed by atoms with van der Waals surface area (Å²) < 4.78 is 19.3. The van der Waals surface area contributed by atoms with Crippen LogP contribution in [0.2, 0.25) is 0 Å². The quantitative estimate of drug-likeness (QED) is 0.386. The lowest BCUT2D eigenvalue weighted by molar-refractivity contribution is -0.402. The van der Waals surface area contributed by atoms with Crippen LogP contribution in [0.15, 0.2) is 50.7 Å². The number of carbonyl (C=O) groups is 1. The SMILES string of the molecule is O=C1/C(=C/c2ccc([N+](=O)[O-])o2)SC(=Nc2ccccc2F)N1C1CCCCC1. The summed E-state index contributed by atoms with van der Waals surface area (Å²) in [7, 11) is 0. The molecule has 0 N–H and O–H groups in total. The minimum atomic E-state index is -0.634. The number of amidine groups is 1. The van der Waals surface area contributed by atoms with Gasteiger partial charge in [-0.25, -0.2) is 9.38 Å². The predicted octanol–water partition coefficient (Wildman–Crippen LogP) is 5.26. The van der Waals surface area contributed by atoms with Gasteiger partial charge in [0.15, 0.2) is 5.17 Å². The van der Waals surface area contributed by atoms with Gasteiger partial charge in [-0.3, -0.25) is 19.8 Å². The second-order valence-corrected chi connectivity index (χ2v) is 7.87. The minimum Gasteiger partial charge on any atom is -0.401 e. The molecule has 0 atom stereocenters. The molecular formula is C20H18FN3O4S. The van der Waals surface area contributed by atoms with Gasteiger partial charge in [-0.2, -0.15) is 0 Å². The van der Waals surface area contributed by atoms with Crippen molar-refractivity contribution < 1.29 is 18.5 Å². The molecule has 2 aliphatic rings. The average molecular weight is 415 g/mol. The Balaban J connectivity index is 1.70. The van der Waals surface area contributed by atoms with E-state index in [0.29, 0.717) is 10.1 Å². The van der Waals surface area contributed by atoms with Crippen LogP contribution in [-0.2, 0) is 4.79 Å². The maximum absolute atomic E-state index is 14.1. The maximum Gasteiger partial charge on any atom is 0.433 e. The predicted molar refractivity (Wildman–Crippen MR) is 108 cm³/mol. The Bertz CT molecular complexity index is 1010. The van der Waals surface area contributed by atoms with Gasteiger partial charge in [-0.1, -0.05) is 31.4 Å². The number of carbonyl (C=O) groups excluding carboxylic acids is 1.